The molecule has 0 aliphatic carbocycles. The minimum Gasteiger partial charge on any atom is -0.0866 e. The van der Waals surface area contributed by atoms with Crippen LogP contribution in [-0.4, -0.2) is 8.07 Å². The van der Waals surface area contributed by atoms with Gasteiger partial charge < -0.3 is 0 Å². The van der Waals surface area contributed by atoms with Gasteiger partial charge in [-0.2, -0.15) is 0 Å². The Morgan fingerprint density at radius 2 is 1.86 bits per heavy atom. The number of allylic oxidation sites excluding steroid dienone is 1. The molecule has 1 rings (SSSR count). The van der Waals surface area contributed by atoms with Crippen molar-refractivity contribution in [2.24, 2.45) is 0 Å². The highest BCUT2D eigenvalue weighted by molar-refractivity contribution is 6.76. The van der Waals surface area contributed by atoms with E-state index in [1.807, 2.05) is 24.3 Å². The first kappa shape index (κ1) is 11.5. The van der Waals surface area contributed by atoms with Crippen molar-refractivity contribution in [3.8, 4) is 0 Å². The lowest BCUT2D eigenvalue weighted by molar-refractivity contribution is 1.52. The second-order valence-electron chi connectivity index (χ2n) is 4.69. The van der Waals surface area contributed by atoms with Crippen molar-refractivity contribution in [3.05, 3.63) is 40.9 Å². The average Bonchev–Trinajstić information content (AvgIpc) is 2.06. The Balaban J connectivity index is 2.65. The van der Waals surface area contributed by atoms with Crippen LogP contribution in [-0.2, 0) is 0 Å². The second kappa shape index (κ2) is 4.81. The molecule has 0 aliphatic rings. The molecule has 0 N–H and O–H groups in total. The lowest BCUT2D eigenvalue weighted by Gasteiger charge is -2.11. The van der Waals surface area contributed by atoms with Gasteiger partial charge in [-0.3, -0.25) is 0 Å². The molecule has 0 saturated carbocycles. The van der Waals surface area contributed by atoms with Gasteiger partial charge in [0.15, 0.2) is 0 Å². The molecular weight excluding hydrogens is 208 g/mol. The highest BCUT2D eigenvalue weighted by atomic mass is 35.5. The van der Waals surface area contributed by atoms with Crippen LogP contribution < -0.4 is 0 Å². The van der Waals surface area contributed by atoms with Gasteiger partial charge in [0, 0.05) is 13.1 Å². The van der Waals surface area contributed by atoms with Crippen molar-refractivity contribution in [2.45, 2.75) is 25.7 Å². The predicted octanol–water partition coefficient (Wildman–Crippen LogP) is 4.69. The van der Waals surface area contributed by atoms with Crippen LogP contribution in [0.15, 0.2) is 30.3 Å². The first-order chi connectivity index (χ1) is 6.49. The lowest BCUT2D eigenvalue weighted by Crippen LogP contribution is -2.17. The quantitative estimate of drug-likeness (QED) is 0.654. The van der Waals surface area contributed by atoms with Gasteiger partial charge in [0.05, 0.1) is 0 Å². The van der Waals surface area contributed by atoms with E-state index >= 15 is 0 Å². The fraction of sp³-hybridized carbons (Fsp3) is 0.333. The van der Waals surface area contributed by atoms with Crippen LogP contribution in [0.5, 0.6) is 0 Å². The SMILES string of the molecule is C[Si](C)(C)C/C=C/c1ccccc1Cl. The van der Waals surface area contributed by atoms with E-state index in [-0.39, 0.29) is 0 Å². The predicted molar refractivity (Wildman–Crippen MR) is 68.6 cm³/mol. The van der Waals surface area contributed by atoms with Crippen molar-refractivity contribution < 1.29 is 0 Å². The van der Waals surface area contributed by atoms with Gasteiger partial charge in [0.1, 0.15) is 0 Å². The molecule has 0 saturated heterocycles. The maximum atomic E-state index is 6.03. The van der Waals surface area contributed by atoms with E-state index in [0.717, 1.165) is 10.6 Å². The van der Waals surface area contributed by atoms with Gasteiger partial charge >= 0.3 is 0 Å². The van der Waals surface area contributed by atoms with Crippen LogP contribution in [0, 0.1) is 0 Å². The number of benzene rings is 1. The maximum absolute atomic E-state index is 6.03. The average molecular weight is 225 g/mol. The fourth-order valence-electron chi connectivity index (χ4n) is 1.15. The third kappa shape index (κ3) is 4.12. The van der Waals surface area contributed by atoms with Crippen molar-refractivity contribution in [3.63, 3.8) is 0 Å². The Morgan fingerprint density at radius 3 is 2.43 bits per heavy atom. The molecule has 0 aromatic heterocycles. The minimum absolute atomic E-state index is 0.833. The zero-order chi connectivity index (χ0) is 10.6. The van der Waals surface area contributed by atoms with Crippen molar-refractivity contribution in [2.75, 3.05) is 0 Å². The van der Waals surface area contributed by atoms with Crippen molar-refractivity contribution >= 4 is 25.8 Å². The summed E-state index contributed by atoms with van der Waals surface area (Å²) >= 11 is 6.03. The summed E-state index contributed by atoms with van der Waals surface area (Å²) in [5.41, 5.74) is 1.12. The van der Waals surface area contributed by atoms with Crippen LogP contribution in [0.1, 0.15) is 5.56 Å². The molecule has 0 heterocycles. The van der Waals surface area contributed by atoms with E-state index in [0.29, 0.717) is 0 Å². The van der Waals surface area contributed by atoms with Gasteiger partial charge in [-0.25, -0.2) is 0 Å². The minimum atomic E-state index is -0.958. The smallest absolute Gasteiger partial charge is 0.0480 e. The molecule has 0 fully saturated rings. The molecule has 14 heavy (non-hydrogen) atoms. The number of halogens is 1. The molecule has 76 valence electrons. The summed E-state index contributed by atoms with van der Waals surface area (Å²) in [6.07, 6.45) is 4.37. The summed E-state index contributed by atoms with van der Waals surface area (Å²) < 4.78 is 0. The number of hydrogen-bond donors (Lipinski definition) is 0. The van der Waals surface area contributed by atoms with Crippen LogP contribution in [0.2, 0.25) is 30.7 Å². The highest BCUT2D eigenvalue weighted by Gasteiger charge is 2.09. The second-order valence-corrected chi connectivity index (χ2v) is 10.6. The summed E-state index contributed by atoms with van der Waals surface area (Å²) in [6, 6.07) is 9.15. The summed E-state index contributed by atoms with van der Waals surface area (Å²) in [4.78, 5) is 0. The summed E-state index contributed by atoms with van der Waals surface area (Å²) in [5.74, 6) is 0. The van der Waals surface area contributed by atoms with E-state index in [1.165, 1.54) is 6.04 Å². The Labute approximate surface area is 92.6 Å². The molecule has 0 amide bonds. The number of rotatable bonds is 3. The topological polar surface area (TPSA) is 0 Å². The molecule has 0 bridgehead atoms. The van der Waals surface area contributed by atoms with Crippen LogP contribution in [0.25, 0.3) is 6.08 Å². The standard InChI is InChI=1S/C12H17ClSi/c1-14(2,3)10-6-8-11-7-4-5-9-12(11)13/h4-9H,10H2,1-3H3/b8-6+. The molecule has 0 radical (unpaired) electrons. The van der Waals surface area contributed by atoms with Gasteiger partial charge in [-0.05, 0) is 17.7 Å². The Bertz CT molecular complexity index is 323. The van der Waals surface area contributed by atoms with Crippen molar-refractivity contribution in [1.82, 2.24) is 0 Å². The van der Waals surface area contributed by atoms with Crippen LogP contribution in [0.4, 0.5) is 0 Å². The van der Waals surface area contributed by atoms with E-state index < -0.39 is 8.07 Å². The van der Waals surface area contributed by atoms with E-state index in [4.69, 9.17) is 11.6 Å². The largest absolute Gasteiger partial charge is 0.0866 e. The van der Waals surface area contributed by atoms with Crippen LogP contribution in [0.3, 0.4) is 0 Å². The van der Waals surface area contributed by atoms with E-state index in [9.17, 15) is 0 Å². The molecule has 0 unspecified atom stereocenters. The monoisotopic (exact) mass is 224 g/mol. The first-order valence-electron chi connectivity index (χ1n) is 4.90. The third-order valence-corrected chi connectivity index (χ3v) is 3.74. The van der Waals surface area contributed by atoms with Crippen molar-refractivity contribution in [1.29, 1.82) is 0 Å². The molecule has 0 nitrogen and oxygen atoms in total. The number of hydrogen-bond acceptors (Lipinski definition) is 0. The zero-order valence-electron chi connectivity index (χ0n) is 9.05. The van der Waals surface area contributed by atoms with Gasteiger partial charge in [0.2, 0.25) is 0 Å². The van der Waals surface area contributed by atoms with Gasteiger partial charge in [-0.15, -0.1) is 0 Å². The first-order valence-corrected chi connectivity index (χ1v) is 8.99. The Kier molecular flexibility index (Phi) is 3.96. The molecule has 0 atom stereocenters. The highest BCUT2D eigenvalue weighted by Crippen LogP contribution is 2.18. The molecule has 2 heteroatoms. The molecule has 1 aromatic rings. The summed E-state index contributed by atoms with van der Waals surface area (Å²) in [7, 11) is -0.958. The third-order valence-electron chi connectivity index (χ3n) is 1.93. The van der Waals surface area contributed by atoms with Gasteiger partial charge in [-0.1, -0.05) is 61.6 Å². The van der Waals surface area contributed by atoms with E-state index in [1.54, 1.807) is 0 Å². The Hall–Kier alpha value is -0.533. The molecular formula is C12H17ClSi. The zero-order valence-corrected chi connectivity index (χ0v) is 10.8. The van der Waals surface area contributed by atoms with Crippen LogP contribution >= 0.6 is 11.6 Å². The fourth-order valence-corrected chi connectivity index (χ4v) is 2.17. The lowest BCUT2D eigenvalue weighted by atomic mass is 10.2. The normalized spacial score (nSPS) is 12.3. The molecule has 1 aromatic carbocycles. The summed E-state index contributed by atoms with van der Waals surface area (Å²) in [6.45, 7) is 7.10. The summed E-state index contributed by atoms with van der Waals surface area (Å²) in [5, 5.41) is 0.833. The molecule has 0 spiro atoms. The maximum Gasteiger partial charge on any atom is 0.0480 e. The molecule has 0 aliphatic heterocycles. The Morgan fingerprint density at radius 1 is 1.21 bits per heavy atom. The van der Waals surface area contributed by atoms with E-state index in [2.05, 4.69) is 31.8 Å². The van der Waals surface area contributed by atoms with Gasteiger partial charge in [0.25, 0.3) is 0 Å².